The van der Waals surface area contributed by atoms with Crippen molar-refractivity contribution in [1.29, 1.82) is 0 Å². The van der Waals surface area contributed by atoms with Crippen molar-refractivity contribution in [3.8, 4) is 0 Å². The summed E-state index contributed by atoms with van der Waals surface area (Å²) in [6.07, 6.45) is 4.22. The normalized spacial score (nSPS) is 16.4. The number of pyridine rings is 1. The van der Waals surface area contributed by atoms with Crippen molar-refractivity contribution in [1.82, 2.24) is 10.3 Å². The summed E-state index contributed by atoms with van der Waals surface area (Å²) in [6.45, 7) is 9.27. The maximum Gasteiger partial charge on any atom is 0.132 e. The van der Waals surface area contributed by atoms with Crippen LogP contribution in [-0.4, -0.2) is 38.3 Å². The Morgan fingerprint density at radius 1 is 1.38 bits per heavy atom. The Labute approximate surface area is 128 Å². The summed E-state index contributed by atoms with van der Waals surface area (Å²) in [5, 5.41) is 3.51. The molecule has 118 valence electrons. The topological polar surface area (TPSA) is 37.4 Å². The van der Waals surface area contributed by atoms with Crippen LogP contribution in [0.4, 0.5) is 5.82 Å². The first-order valence-corrected chi connectivity index (χ1v) is 8.10. The van der Waals surface area contributed by atoms with Crippen LogP contribution >= 0.6 is 0 Å². The van der Waals surface area contributed by atoms with Crippen LogP contribution in [0, 0.1) is 11.8 Å². The number of nitrogens with one attached hydrogen (secondary N) is 1. The van der Waals surface area contributed by atoms with Crippen LogP contribution in [0.15, 0.2) is 18.3 Å². The van der Waals surface area contributed by atoms with Gasteiger partial charge in [-0.05, 0) is 37.3 Å². The fraction of sp³-hybridized carbons (Fsp3) is 0.706. The monoisotopic (exact) mass is 291 g/mol. The number of nitrogens with zero attached hydrogens (tertiary/aromatic N) is 2. The van der Waals surface area contributed by atoms with Crippen molar-refractivity contribution in [2.45, 2.75) is 33.2 Å². The molecule has 4 heteroatoms. The molecular formula is C17H29N3O. The predicted molar refractivity (Wildman–Crippen MR) is 87.6 cm³/mol. The van der Waals surface area contributed by atoms with Gasteiger partial charge < -0.3 is 15.0 Å². The second kappa shape index (κ2) is 8.35. The maximum atomic E-state index is 5.44. The van der Waals surface area contributed by atoms with Crippen LogP contribution in [0.1, 0.15) is 32.3 Å². The molecule has 1 aliphatic rings. The summed E-state index contributed by atoms with van der Waals surface area (Å²) in [5.74, 6) is 2.51. The molecule has 0 spiro atoms. The Balaban J connectivity index is 1.93. The van der Waals surface area contributed by atoms with E-state index in [2.05, 4.69) is 42.2 Å². The van der Waals surface area contributed by atoms with Gasteiger partial charge in [-0.15, -0.1) is 0 Å². The van der Waals surface area contributed by atoms with Gasteiger partial charge in [0.15, 0.2) is 0 Å². The summed E-state index contributed by atoms with van der Waals surface area (Å²) in [5.41, 5.74) is 1.28. The zero-order chi connectivity index (χ0) is 15.1. The Bertz CT molecular complexity index is 416. The molecular weight excluding hydrogens is 262 g/mol. The van der Waals surface area contributed by atoms with E-state index in [0.717, 1.165) is 57.4 Å². The van der Waals surface area contributed by atoms with E-state index in [1.54, 1.807) is 0 Å². The minimum Gasteiger partial charge on any atom is -0.381 e. The first-order valence-electron chi connectivity index (χ1n) is 8.10. The highest BCUT2D eigenvalue weighted by Gasteiger charge is 2.17. The van der Waals surface area contributed by atoms with E-state index in [1.165, 1.54) is 5.56 Å². The molecule has 1 aromatic heterocycles. The van der Waals surface area contributed by atoms with E-state index in [0.29, 0.717) is 5.92 Å². The Hall–Kier alpha value is -1.13. The van der Waals surface area contributed by atoms with Crippen molar-refractivity contribution in [2.24, 2.45) is 11.8 Å². The quantitative estimate of drug-likeness (QED) is 0.838. The van der Waals surface area contributed by atoms with Gasteiger partial charge in [0.05, 0.1) is 0 Å². The highest BCUT2D eigenvalue weighted by molar-refractivity contribution is 5.45. The highest BCUT2D eigenvalue weighted by atomic mass is 16.5. The molecule has 2 rings (SSSR count). The number of rotatable bonds is 7. The summed E-state index contributed by atoms with van der Waals surface area (Å²) in [6, 6.07) is 4.20. The minimum atomic E-state index is 0.671. The fourth-order valence-corrected chi connectivity index (χ4v) is 2.81. The molecule has 1 N–H and O–H groups in total. The second-order valence-corrected chi connectivity index (χ2v) is 6.45. The van der Waals surface area contributed by atoms with Crippen molar-refractivity contribution in [3.05, 3.63) is 23.9 Å². The SMILES string of the molecule is CC(C)CNCc1cccnc1N(C)CC1CCOCC1. The van der Waals surface area contributed by atoms with Gasteiger partial charge in [0, 0.05) is 45.1 Å². The van der Waals surface area contributed by atoms with Crippen LogP contribution in [-0.2, 0) is 11.3 Å². The molecule has 0 radical (unpaired) electrons. The highest BCUT2D eigenvalue weighted by Crippen LogP contribution is 2.21. The van der Waals surface area contributed by atoms with Gasteiger partial charge in [0.25, 0.3) is 0 Å². The zero-order valence-corrected chi connectivity index (χ0v) is 13.6. The molecule has 1 saturated heterocycles. The van der Waals surface area contributed by atoms with Crippen molar-refractivity contribution >= 4 is 5.82 Å². The molecule has 2 heterocycles. The van der Waals surface area contributed by atoms with E-state index >= 15 is 0 Å². The Morgan fingerprint density at radius 3 is 2.86 bits per heavy atom. The van der Waals surface area contributed by atoms with Crippen LogP contribution in [0.3, 0.4) is 0 Å². The Morgan fingerprint density at radius 2 is 2.14 bits per heavy atom. The van der Waals surface area contributed by atoms with Gasteiger partial charge in [0.1, 0.15) is 5.82 Å². The number of hydrogen-bond acceptors (Lipinski definition) is 4. The summed E-state index contributed by atoms with van der Waals surface area (Å²) in [4.78, 5) is 6.90. The summed E-state index contributed by atoms with van der Waals surface area (Å²) in [7, 11) is 2.16. The Kier molecular flexibility index (Phi) is 6.46. The molecule has 4 nitrogen and oxygen atoms in total. The van der Waals surface area contributed by atoms with Gasteiger partial charge in [-0.25, -0.2) is 4.98 Å². The van der Waals surface area contributed by atoms with Gasteiger partial charge in [-0.1, -0.05) is 19.9 Å². The van der Waals surface area contributed by atoms with Crippen LogP contribution in [0.25, 0.3) is 0 Å². The largest absolute Gasteiger partial charge is 0.381 e. The third kappa shape index (κ3) is 5.29. The predicted octanol–water partition coefficient (Wildman–Crippen LogP) is 2.69. The smallest absolute Gasteiger partial charge is 0.132 e. The molecule has 0 unspecified atom stereocenters. The molecule has 0 saturated carbocycles. The fourth-order valence-electron chi connectivity index (χ4n) is 2.81. The van der Waals surface area contributed by atoms with Crippen LogP contribution in [0.2, 0.25) is 0 Å². The van der Waals surface area contributed by atoms with Crippen LogP contribution in [0.5, 0.6) is 0 Å². The molecule has 21 heavy (non-hydrogen) atoms. The van der Waals surface area contributed by atoms with Crippen molar-refractivity contribution < 1.29 is 4.74 Å². The van der Waals surface area contributed by atoms with E-state index in [4.69, 9.17) is 4.74 Å². The van der Waals surface area contributed by atoms with Gasteiger partial charge >= 0.3 is 0 Å². The minimum absolute atomic E-state index is 0.671. The number of ether oxygens (including phenoxy) is 1. The third-order valence-electron chi connectivity index (χ3n) is 3.97. The molecule has 1 aromatic rings. The number of anilines is 1. The molecule has 0 aromatic carbocycles. The van der Waals surface area contributed by atoms with Crippen LogP contribution < -0.4 is 10.2 Å². The first kappa shape index (κ1) is 16.2. The average molecular weight is 291 g/mol. The van der Waals surface area contributed by atoms with Crippen molar-refractivity contribution in [3.63, 3.8) is 0 Å². The van der Waals surface area contributed by atoms with Gasteiger partial charge in [-0.2, -0.15) is 0 Å². The van der Waals surface area contributed by atoms with Gasteiger partial charge in [0.2, 0.25) is 0 Å². The average Bonchev–Trinajstić information content (AvgIpc) is 2.48. The van der Waals surface area contributed by atoms with E-state index in [-0.39, 0.29) is 0 Å². The lowest BCUT2D eigenvalue weighted by atomic mass is 10.00. The molecule has 1 aliphatic heterocycles. The van der Waals surface area contributed by atoms with Gasteiger partial charge in [-0.3, -0.25) is 0 Å². The zero-order valence-electron chi connectivity index (χ0n) is 13.6. The summed E-state index contributed by atoms with van der Waals surface area (Å²) < 4.78 is 5.44. The standard InChI is InChI=1S/C17H29N3O/c1-14(2)11-18-12-16-5-4-8-19-17(16)20(3)13-15-6-9-21-10-7-15/h4-5,8,14-15,18H,6-7,9-13H2,1-3H3. The summed E-state index contributed by atoms with van der Waals surface area (Å²) >= 11 is 0. The lowest BCUT2D eigenvalue weighted by molar-refractivity contribution is 0.0685. The lowest BCUT2D eigenvalue weighted by Crippen LogP contribution is -2.31. The molecule has 0 atom stereocenters. The molecule has 1 fully saturated rings. The van der Waals surface area contributed by atoms with E-state index < -0.39 is 0 Å². The lowest BCUT2D eigenvalue weighted by Gasteiger charge is -2.29. The number of hydrogen-bond donors (Lipinski definition) is 1. The first-order chi connectivity index (χ1) is 10.2. The van der Waals surface area contributed by atoms with Crippen molar-refractivity contribution in [2.75, 3.05) is 38.3 Å². The van der Waals surface area contributed by atoms with E-state index in [1.807, 2.05) is 12.3 Å². The third-order valence-corrected chi connectivity index (χ3v) is 3.97. The molecule has 0 bridgehead atoms. The molecule has 0 amide bonds. The second-order valence-electron chi connectivity index (χ2n) is 6.45. The maximum absolute atomic E-state index is 5.44. The number of aromatic nitrogens is 1. The van der Waals surface area contributed by atoms with E-state index in [9.17, 15) is 0 Å². The molecule has 0 aliphatic carbocycles.